The molecule has 1 aromatic carbocycles. The van der Waals surface area contributed by atoms with Crippen molar-refractivity contribution in [1.82, 2.24) is 10.3 Å². The van der Waals surface area contributed by atoms with E-state index in [0.29, 0.717) is 6.42 Å². The normalized spacial score (nSPS) is 20.5. The first-order valence-corrected chi connectivity index (χ1v) is 6.33. The van der Waals surface area contributed by atoms with Crippen molar-refractivity contribution in [2.75, 3.05) is 0 Å². The molecular formula is C15H13FN2O2. The molecule has 1 heterocycles. The number of aliphatic hydroxyl groups is 1. The number of carbonyl (C=O) groups excluding carboxylic acids is 1. The highest BCUT2D eigenvalue weighted by atomic mass is 19.1. The molecule has 5 heteroatoms. The fourth-order valence-corrected chi connectivity index (χ4v) is 2.48. The molecule has 2 aromatic rings. The summed E-state index contributed by atoms with van der Waals surface area (Å²) in [6.07, 6.45) is 1.05. The molecule has 20 heavy (non-hydrogen) atoms. The Morgan fingerprint density at radius 1 is 1.30 bits per heavy atom. The van der Waals surface area contributed by atoms with Crippen molar-refractivity contribution >= 4 is 5.91 Å². The molecule has 0 saturated carbocycles. The van der Waals surface area contributed by atoms with Gasteiger partial charge in [0.2, 0.25) is 5.95 Å². The number of aliphatic hydroxyl groups excluding tert-OH is 1. The molecule has 0 radical (unpaired) electrons. The molecule has 0 saturated heterocycles. The van der Waals surface area contributed by atoms with Crippen molar-refractivity contribution in [3.05, 3.63) is 65.2 Å². The molecule has 102 valence electrons. The highest BCUT2D eigenvalue weighted by Gasteiger charge is 2.32. The minimum Gasteiger partial charge on any atom is -0.390 e. The van der Waals surface area contributed by atoms with Crippen LogP contribution in [0.3, 0.4) is 0 Å². The Balaban J connectivity index is 1.81. The number of nitrogens with zero attached hydrogens (tertiary/aromatic N) is 1. The molecule has 1 aromatic heterocycles. The highest BCUT2D eigenvalue weighted by molar-refractivity contribution is 5.94. The van der Waals surface area contributed by atoms with E-state index in [2.05, 4.69) is 10.3 Å². The van der Waals surface area contributed by atoms with Crippen LogP contribution in [0.2, 0.25) is 0 Å². The van der Waals surface area contributed by atoms with Crippen LogP contribution in [0.25, 0.3) is 0 Å². The van der Waals surface area contributed by atoms with E-state index < -0.39 is 18.1 Å². The zero-order valence-corrected chi connectivity index (χ0v) is 10.6. The summed E-state index contributed by atoms with van der Waals surface area (Å²) in [5.74, 6) is -1.01. The number of amides is 1. The van der Waals surface area contributed by atoms with Gasteiger partial charge in [0.1, 0.15) is 0 Å². The summed E-state index contributed by atoms with van der Waals surface area (Å²) in [7, 11) is 0. The Hall–Kier alpha value is -2.27. The maximum Gasteiger partial charge on any atom is 0.253 e. The summed E-state index contributed by atoms with van der Waals surface area (Å²) in [6, 6.07) is 9.65. The number of fused-ring (bicyclic) bond motifs is 1. The van der Waals surface area contributed by atoms with Gasteiger partial charge in [-0.15, -0.1) is 0 Å². The van der Waals surface area contributed by atoms with Gasteiger partial charge in [0, 0.05) is 12.6 Å². The SMILES string of the molecule is O=C(N[C@H]1c2ccccc2C[C@H]1O)c1ccc(F)nc1. The van der Waals surface area contributed by atoms with Crippen molar-refractivity contribution in [2.45, 2.75) is 18.6 Å². The Morgan fingerprint density at radius 3 is 2.85 bits per heavy atom. The van der Waals surface area contributed by atoms with Crippen LogP contribution in [0.15, 0.2) is 42.6 Å². The molecule has 1 amide bonds. The molecule has 2 N–H and O–H groups in total. The third kappa shape index (κ3) is 2.28. The van der Waals surface area contributed by atoms with Crippen LogP contribution in [0.1, 0.15) is 27.5 Å². The smallest absolute Gasteiger partial charge is 0.253 e. The molecule has 0 bridgehead atoms. The van der Waals surface area contributed by atoms with Crippen molar-refractivity contribution in [3.63, 3.8) is 0 Å². The summed E-state index contributed by atoms with van der Waals surface area (Å²) < 4.78 is 12.7. The summed E-state index contributed by atoms with van der Waals surface area (Å²) in [5.41, 5.74) is 2.22. The van der Waals surface area contributed by atoms with Gasteiger partial charge in [-0.1, -0.05) is 24.3 Å². The average Bonchev–Trinajstić information content (AvgIpc) is 2.76. The lowest BCUT2D eigenvalue weighted by Crippen LogP contribution is -2.33. The number of hydrogen-bond acceptors (Lipinski definition) is 3. The number of benzene rings is 1. The van der Waals surface area contributed by atoms with Gasteiger partial charge in [-0.3, -0.25) is 4.79 Å². The minimum atomic E-state index is -0.648. The Bertz CT molecular complexity index is 643. The zero-order chi connectivity index (χ0) is 14.1. The Labute approximate surface area is 115 Å². The van der Waals surface area contributed by atoms with Gasteiger partial charge >= 0.3 is 0 Å². The summed E-state index contributed by atoms with van der Waals surface area (Å²) in [6.45, 7) is 0. The van der Waals surface area contributed by atoms with Gasteiger partial charge in [0.15, 0.2) is 0 Å². The second kappa shape index (κ2) is 5.02. The Morgan fingerprint density at radius 2 is 2.10 bits per heavy atom. The zero-order valence-electron chi connectivity index (χ0n) is 10.6. The maximum absolute atomic E-state index is 12.7. The second-order valence-corrected chi connectivity index (χ2v) is 4.79. The molecule has 1 aliphatic rings. The molecule has 0 fully saturated rings. The standard InChI is InChI=1S/C15H13FN2O2/c16-13-6-5-10(8-17-13)15(20)18-14-11-4-2-1-3-9(11)7-12(14)19/h1-6,8,12,14,19H,7H2,(H,18,20)/t12-,14+/m1/s1. The van der Waals surface area contributed by atoms with Gasteiger partial charge in [-0.25, -0.2) is 4.98 Å². The number of hydrogen-bond donors (Lipinski definition) is 2. The second-order valence-electron chi connectivity index (χ2n) is 4.79. The molecule has 3 rings (SSSR count). The molecule has 2 atom stereocenters. The van der Waals surface area contributed by atoms with Crippen LogP contribution in [0, 0.1) is 5.95 Å². The molecule has 0 unspecified atom stereocenters. The van der Waals surface area contributed by atoms with Crippen LogP contribution in [-0.4, -0.2) is 22.1 Å². The topological polar surface area (TPSA) is 62.2 Å². The van der Waals surface area contributed by atoms with Gasteiger partial charge < -0.3 is 10.4 Å². The maximum atomic E-state index is 12.7. The van der Waals surface area contributed by atoms with Crippen LogP contribution >= 0.6 is 0 Å². The van der Waals surface area contributed by atoms with E-state index in [0.717, 1.165) is 17.2 Å². The molecular weight excluding hydrogens is 259 g/mol. The van der Waals surface area contributed by atoms with Crippen molar-refractivity contribution < 1.29 is 14.3 Å². The van der Waals surface area contributed by atoms with Gasteiger partial charge in [0.05, 0.1) is 17.7 Å². The number of rotatable bonds is 2. The predicted molar refractivity (Wildman–Crippen MR) is 70.6 cm³/mol. The number of carbonyl (C=O) groups is 1. The van der Waals surface area contributed by atoms with E-state index in [9.17, 15) is 14.3 Å². The number of pyridine rings is 1. The van der Waals surface area contributed by atoms with E-state index in [1.54, 1.807) is 0 Å². The van der Waals surface area contributed by atoms with E-state index in [1.807, 2.05) is 24.3 Å². The first-order chi connectivity index (χ1) is 9.65. The van der Waals surface area contributed by atoms with Gasteiger partial charge in [0.25, 0.3) is 5.91 Å². The fraction of sp³-hybridized carbons (Fsp3) is 0.200. The molecule has 1 aliphatic carbocycles. The lowest BCUT2D eigenvalue weighted by atomic mass is 10.1. The van der Waals surface area contributed by atoms with Gasteiger partial charge in [-0.2, -0.15) is 4.39 Å². The van der Waals surface area contributed by atoms with E-state index in [4.69, 9.17) is 0 Å². The molecule has 4 nitrogen and oxygen atoms in total. The average molecular weight is 272 g/mol. The molecule has 0 aliphatic heterocycles. The Kier molecular flexibility index (Phi) is 3.20. The highest BCUT2D eigenvalue weighted by Crippen LogP contribution is 2.31. The van der Waals surface area contributed by atoms with E-state index in [1.165, 1.54) is 12.3 Å². The summed E-state index contributed by atoms with van der Waals surface area (Å²) in [4.78, 5) is 15.5. The monoisotopic (exact) mass is 272 g/mol. The third-order valence-electron chi connectivity index (χ3n) is 3.48. The number of aromatic nitrogens is 1. The molecule has 0 spiro atoms. The minimum absolute atomic E-state index is 0.267. The summed E-state index contributed by atoms with van der Waals surface area (Å²) in [5, 5.41) is 12.8. The van der Waals surface area contributed by atoms with Crippen molar-refractivity contribution in [1.29, 1.82) is 0 Å². The largest absolute Gasteiger partial charge is 0.390 e. The lowest BCUT2D eigenvalue weighted by molar-refractivity contribution is 0.0857. The van der Waals surface area contributed by atoms with E-state index >= 15 is 0 Å². The van der Waals surface area contributed by atoms with Crippen molar-refractivity contribution in [3.8, 4) is 0 Å². The number of nitrogens with one attached hydrogen (secondary N) is 1. The van der Waals surface area contributed by atoms with E-state index in [-0.39, 0.29) is 11.5 Å². The quantitative estimate of drug-likeness (QED) is 0.816. The predicted octanol–water partition coefficient (Wildman–Crippen LogP) is 1.61. The lowest BCUT2D eigenvalue weighted by Gasteiger charge is -2.17. The van der Waals surface area contributed by atoms with Crippen molar-refractivity contribution in [2.24, 2.45) is 0 Å². The van der Waals surface area contributed by atoms with Gasteiger partial charge in [-0.05, 0) is 23.3 Å². The summed E-state index contributed by atoms with van der Waals surface area (Å²) >= 11 is 0. The van der Waals surface area contributed by atoms with Crippen LogP contribution < -0.4 is 5.32 Å². The third-order valence-corrected chi connectivity index (χ3v) is 3.48. The first-order valence-electron chi connectivity index (χ1n) is 6.33. The fourth-order valence-electron chi connectivity index (χ4n) is 2.48. The van der Waals surface area contributed by atoms with Crippen LogP contribution in [0.4, 0.5) is 4.39 Å². The number of halogens is 1. The van der Waals surface area contributed by atoms with Crippen LogP contribution in [-0.2, 0) is 6.42 Å². The first kappa shape index (κ1) is 12.7. The van der Waals surface area contributed by atoms with Crippen LogP contribution in [0.5, 0.6) is 0 Å².